The number of anilines is 1. The molecule has 170 valence electrons. The normalized spacial score (nSPS) is 19.8. The fraction of sp³-hybridized carbons (Fsp3) is 0.526. The monoisotopic (exact) mass is 449 g/mol. The second-order valence-electron chi connectivity index (χ2n) is 7.32. The van der Waals surface area contributed by atoms with E-state index >= 15 is 0 Å². The van der Waals surface area contributed by atoms with Crippen LogP contribution in [0.15, 0.2) is 24.4 Å². The largest absolute Gasteiger partial charge is 0.433 e. The van der Waals surface area contributed by atoms with Gasteiger partial charge in [0.15, 0.2) is 0 Å². The van der Waals surface area contributed by atoms with Crippen LogP contribution < -0.4 is 10.6 Å². The number of pyridine rings is 1. The lowest BCUT2D eigenvalue weighted by Crippen LogP contribution is -2.40. The number of nitrogens with one attached hydrogen (secondary N) is 2. The Morgan fingerprint density at radius 3 is 2.10 bits per heavy atom. The van der Waals surface area contributed by atoms with Crippen LogP contribution in [0.25, 0.3) is 0 Å². The van der Waals surface area contributed by atoms with Crippen molar-refractivity contribution in [3.8, 4) is 0 Å². The zero-order valence-corrected chi connectivity index (χ0v) is 16.5. The summed E-state index contributed by atoms with van der Waals surface area (Å²) in [6.45, 7) is 2.40. The van der Waals surface area contributed by atoms with Crippen molar-refractivity contribution in [2.75, 3.05) is 5.32 Å². The van der Waals surface area contributed by atoms with Gasteiger partial charge in [0.1, 0.15) is 17.1 Å². The number of rotatable bonds is 5. The standard InChI is InChI=1S/C19H21F6N5O/c1-2-30-14(7-8-26-30)17(31)28-12-5-3-11(4-6-12)27-13-9-15(18(20,21)22)29-16(10-13)19(23,24)25/h7-12H,2-6H2,1H3,(H,27,29)(H,28,31)/t11-,12+. The first kappa shape index (κ1) is 22.9. The van der Waals surface area contributed by atoms with Gasteiger partial charge in [-0.05, 0) is 50.8 Å². The Balaban J connectivity index is 1.62. The SMILES string of the molecule is CCn1nccc1C(=O)N[C@H]1CC[C@@H](Nc2cc(C(F)(F)F)nc(C(F)(F)F)c2)CC1. The molecule has 12 heteroatoms. The smallest absolute Gasteiger partial charge is 0.382 e. The fourth-order valence-electron chi connectivity index (χ4n) is 3.56. The summed E-state index contributed by atoms with van der Waals surface area (Å²) in [5.41, 5.74) is -3.05. The molecule has 2 N–H and O–H groups in total. The van der Waals surface area contributed by atoms with Gasteiger partial charge in [-0.1, -0.05) is 0 Å². The molecular formula is C19H21F6N5O. The van der Waals surface area contributed by atoms with Gasteiger partial charge in [-0.2, -0.15) is 31.4 Å². The molecule has 0 bridgehead atoms. The van der Waals surface area contributed by atoms with E-state index in [-0.39, 0.29) is 23.7 Å². The van der Waals surface area contributed by atoms with Crippen LogP contribution in [0.3, 0.4) is 0 Å². The lowest BCUT2D eigenvalue weighted by molar-refractivity contribution is -0.150. The molecule has 0 unspecified atom stereocenters. The Morgan fingerprint density at radius 1 is 1.03 bits per heavy atom. The van der Waals surface area contributed by atoms with Crippen molar-refractivity contribution >= 4 is 11.6 Å². The Bertz CT molecular complexity index is 883. The van der Waals surface area contributed by atoms with Crippen LogP contribution in [0.2, 0.25) is 0 Å². The summed E-state index contributed by atoms with van der Waals surface area (Å²) in [5, 5.41) is 9.70. The van der Waals surface area contributed by atoms with Gasteiger partial charge in [0.05, 0.1) is 0 Å². The van der Waals surface area contributed by atoms with Crippen molar-refractivity contribution in [2.24, 2.45) is 0 Å². The van der Waals surface area contributed by atoms with Crippen LogP contribution in [0, 0.1) is 0 Å². The topological polar surface area (TPSA) is 71.8 Å². The minimum absolute atomic E-state index is 0.139. The van der Waals surface area contributed by atoms with Gasteiger partial charge < -0.3 is 10.6 Å². The summed E-state index contributed by atoms with van der Waals surface area (Å²) in [5.74, 6) is -0.269. The molecule has 1 saturated carbocycles. The lowest BCUT2D eigenvalue weighted by atomic mass is 9.91. The van der Waals surface area contributed by atoms with Crippen molar-refractivity contribution in [3.05, 3.63) is 41.5 Å². The average molecular weight is 449 g/mol. The summed E-state index contributed by atoms with van der Waals surface area (Å²) in [7, 11) is 0. The van der Waals surface area contributed by atoms with Crippen LogP contribution in [-0.2, 0) is 18.9 Å². The van der Waals surface area contributed by atoms with Crippen LogP contribution in [0.5, 0.6) is 0 Å². The highest BCUT2D eigenvalue weighted by atomic mass is 19.4. The summed E-state index contributed by atoms with van der Waals surface area (Å²) in [6, 6.07) is 2.30. The van der Waals surface area contributed by atoms with Crippen molar-refractivity contribution < 1.29 is 31.1 Å². The first-order chi connectivity index (χ1) is 14.5. The van der Waals surface area contributed by atoms with Crippen LogP contribution >= 0.6 is 0 Å². The summed E-state index contributed by atoms with van der Waals surface area (Å²) in [4.78, 5) is 15.1. The maximum atomic E-state index is 13.0. The van der Waals surface area contributed by atoms with Gasteiger partial charge >= 0.3 is 12.4 Å². The minimum Gasteiger partial charge on any atom is -0.382 e. The summed E-state index contributed by atoms with van der Waals surface area (Å²) in [6.07, 6.45) is -6.44. The Labute approximate surface area is 174 Å². The molecule has 0 aliphatic heterocycles. The molecule has 6 nitrogen and oxygen atoms in total. The molecule has 0 aromatic carbocycles. The molecule has 3 rings (SSSR count). The first-order valence-corrected chi connectivity index (χ1v) is 9.73. The lowest BCUT2D eigenvalue weighted by Gasteiger charge is -2.30. The third-order valence-electron chi connectivity index (χ3n) is 5.09. The van der Waals surface area contributed by atoms with Gasteiger partial charge in [-0.15, -0.1) is 0 Å². The second-order valence-corrected chi connectivity index (χ2v) is 7.32. The van der Waals surface area contributed by atoms with Crippen molar-refractivity contribution in [3.63, 3.8) is 0 Å². The summed E-state index contributed by atoms with van der Waals surface area (Å²) < 4.78 is 79.3. The second kappa shape index (κ2) is 8.75. The number of carbonyl (C=O) groups is 1. The van der Waals surface area contributed by atoms with Crippen molar-refractivity contribution in [1.29, 1.82) is 0 Å². The van der Waals surface area contributed by atoms with E-state index in [0.29, 0.717) is 50.1 Å². The number of aryl methyl sites for hydroxylation is 1. The van der Waals surface area contributed by atoms with E-state index in [1.54, 1.807) is 10.7 Å². The van der Waals surface area contributed by atoms with Gasteiger partial charge in [-0.3, -0.25) is 9.48 Å². The van der Waals surface area contributed by atoms with Crippen molar-refractivity contribution in [2.45, 2.75) is 63.6 Å². The molecule has 0 atom stereocenters. The maximum Gasteiger partial charge on any atom is 0.433 e. The van der Waals surface area contributed by atoms with Crippen LogP contribution in [0.1, 0.15) is 54.5 Å². The number of carbonyl (C=O) groups excluding carboxylic acids is 1. The molecule has 0 radical (unpaired) electrons. The number of alkyl halides is 6. The average Bonchev–Trinajstić information content (AvgIpc) is 3.17. The molecule has 1 aliphatic rings. The van der Waals surface area contributed by atoms with E-state index in [9.17, 15) is 31.1 Å². The van der Waals surface area contributed by atoms with E-state index in [2.05, 4.69) is 20.7 Å². The van der Waals surface area contributed by atoms with Crippen molar-refractivity contribution in [1.82, 2.24) is 20.1 Å². The molecule has 1 amide bonds. The van der Waals surface area contributed by atoms with Gasteiger partial charge in [0, 0.05) is 30.5 Å². The van der Waals surface area contributed by atoms with Crippen LogP contribution in [0.4, 0.5) is 32.0 Å². The van der Waals surface area contributed by atoms with E-state index < -0.39 is 23.7 Å². The molecule has 2 aromatic heterocycles. The number of nitrogens with zero attached hydrogens (tertiary/aromatic N) is 3. The molecule has 2 aromatic rings. The first-order valence-electron chi connectivity index (χ1n) is 9.73. The molecular weight excluding hydrogens is 428 g/mol. The number of halogens is 6. The fourth-order valence-corrected chi connectivity index (χ4v) is 3.56. The van der Waals surface area contributed by atoms with E-state index in [1.165, 1.54) is 6.20 Å². The number of hydrogen-bond donors (Lipinski definition) is 2. The molecule has 0 spiro atoms. The van der Waals surface area contributed by atoms with Gasteiger partial charge in [-0.25, -0.2) is 4.98 Å². The zero-order chi connectivity index (χ0) is 22.8. The molecule has 31 heavy (non-hydrogen) atoms. The van der Waals surface area contributed by atoms with E-state index in [4.69, 9.17) is 0 Å². The van der Waals surface area contributed by atoms with Gasteiger partial charge in [0.25, 0.3) is 5.91 Å². The highest BCUT2D eigenvalue weighted by Gasteiger charge is 2.39. The molecule has 1 aliphatic carbocycles. The Hall–Kier alpha value is -2.79. The van der Waals surface area contributed by atoms with E-state index in [0.717, 1.165) is 0 Å². The third kappa shape index (κ3) is 5.67. The quantitative estimate of drug-likeness (QED) is 0.660. The third-order valence-corrected chi connectivity index (χ3v) is 5.09. The number of hydrogen-bond acceptors (Lipinski definition) is 4. The zero-order valence-electron chi connectivity index (χ0n) is 16.5. The number of amides is 1. The number of aromatic nitrogens is 3. The molecule has 0 saturated heterocycles. The molecule has 2 heterocycles. The highest BCUT2D eigenvalue weighted by Crippen LogP contribution is 2.35. The maximum absolute atomic E-state index is 13.0. The van der Waals surface area contributed by atoms with Gasteiger partial charge in [0.2, 0.25) is 0 Å². The minimum atomic E-state index is -5.00. The molecule has 1 fully saturated rings. The van der Waals surface area contributed by atoms with E-state index in [1.807, 2.05) is 6.92 Å². The van der Waals surface area contributed by atoms with Crippen LogP contribution in [-0.4, -0.2) is 32.8 Å². The highest BCUT2D eigenvalue weighted by molar-refractivity contribution is 5.92. The predicted molar refractivity (Wildman–Crippen MR) is 99.3 cm³/mol. The summed E-state index contributed by atoms with van der Waals surface area (Å²) >= 11 is 0. The predicted octanol–water partition coefficient (Wildman–Crippen LogP) is 4.49. The Morgan fingerprint density at radius 2 is 1.58 bits per heavy atom. The Kier molecular flexibility index (Phi) is 6.46.